The van der Waals surface area contributed by atoms with Gasteiger partial charge in [-0.15, -0.1) is 0 Å². The summed E-state index contributed by atoms with van der Waals surface area (Å²) < 4.78 is 2.02. The van der Waals surface area contributed by atoms with Crippen LogP contribution in [0.25, 0.3) is 0 Å². The maximum Gasteiger partial charge on any atom is 0.0728 e. The highest BCUT2D eigenvalue weighted by Crippen LogP contribution is 2.29. The Morgan fingerprint density at radius 3 is 2.61 bits per heavy atom. The number of aromatic nitrogens is 2. The lowest BCUT2D eigenvalue weighted by atomic mass is 9.83. The molecule has 18 heavy (non-hydrogen) atoms. The molecule has 0 spiro atoms. The fraction of sp³-hybridized carbons (Fsp3) is 0.800. The number of nitrogens with one attached hydrogen (secondary N) is 1. The van der Waals surface area contributed by atoms with Crippen molar-refractivity contribution in [1.82, 2.24) is 9.78 Å². The van der Waals surface area contributed by atoms with Crippen LogP contribution in [-0.4, -0.2) is 15.8 Å². The van der Waals surface area contributed by atoms with Crippen molar-refractivity contribution >= 4 is 5.69 Å². The summed E-state index contributed by atoms with van der Waals surface area (Å²) in [6, 6.07) is 1.10. The molecule has 1 saturated carbocycles. The Balaban J connectivity index is 1.80. The van der Waals surface area contributed by atoms with Gasteiger partial charge in [0, 0.05) is 18.3 Å². The van der Waals surface area contributed by atoms with E-state index < -0.39 is 0 Å². The smallest absolute Gasteiger partial charge is 0.0728 e. The molecule has 0 radical (unpaired) electrons. The molecule has 2 rings (SSSR count). The van der Waals surface area contributed by atoms with Crippen LogP contribution in [0, 0.1) is 5.92 Å². The van der Waals surface area contributed by atoms with Crippen LogP contribution < -0.4 is 5.32 Å². The lowest BCUT2D eigenvalue weighted by molar-refractivity contribution is 0.319. The SMILES string of the molecule is CCCC1CCC(Nc2cnn(C(C)C)c2)CC1. The van der Waals surface area contributed by atoms with E-state index in [-0.39, 0.29) is 0 Å². The van der Waals surface area contributed by atoms with Crippen LogP contribution in [0.2, 0.25) is 0 Å². The fourth-order valence-electron chi connectivity index (χ4n) is 2.93. The van der Waals surface area contributed by atoms with Crippen molar-refractivity contribution in [3.63, 3.8) is 0 Å². The van der Waals surface area contributed by atoms with Crippen LogP contribution in [0.4, 0.5) is 5.69 Å². The Morgan fingerprint density at radius 1 is 1.33 bits per heavy atom. The zero-order valence-corrected chi connectivity index (χ0v) is 12.0. The average Bonchev–Trinajstić information content (AvgIpc) is 2.81. The van der Waals surface area contributed by atoms with Gasteiger partial charge in [-0.3, -0.25) is 4.68 Å². The molecule has 0 saturated heterocycles. The molecule has 1 aromatic heterocycles. The van der Waals surface area contributed by atoms with Crippen LogP contribution in [0.15, 0.2) is 12.4 Å². The van der Waals surface area contributed by atoms with Gasteiger partial charge >= 0.3 is 0 Å². The predicted molar refractivity (Wildman–Crippen MR) is 76.9 cm³/mol. The van der Waals surface area contributed by atoms with Gasteiger partial charge < -0.3 is 5.32 Å². The number of hydrogen-bond acceptors (Lipinski definition) is 2. The van der Waals surface area contributed by atoms with Gasteiger partial charge in [-0.2, -0.15) is 5.10 Å². The van der Waals surface area contributed by atoms with E-state index in [1.165, 1.54) is 44.2 Å². The molecular weight excluding hydrogens is 222 g/mol. The van der Waals surface area contributed by atoms with Crippen LogP contribution in [0.5, 0.6) is 0 Å². The van der Waals surface area contributed by atoms with Crippen LogP contribution in [0.1, 0.15) is 65.3 Å². The molecule has 3 heteroatoms. The molecule has 1 heterocycles. The first kappa shape index (κ1) is 13.4. The van der Waals surface area contributed by atoms with Gasteiger partial charge in [-0.25, -0.2) is 0 Å². The zero-order chi connectivity index (χ0) is 13.0. The summed E-state index contributed by atoms with van der Waals surface area (Å²) in [5, 5.41) is 8.02. The highest BCUT2D eigenvalue weighted by Gasteiger charge is 2.20. The summed E-state index contributed by atoms with van der Waals surface area (Å²) in [4.78, 5) is 0. The molecule has 1 aliphatic rings. The second-order valence-corrected chi connectivity index (χ2v) is 5.95. The third-order valence-electron chi connectivity index (χ3n) is 4.05. The van der Waals surface area contributed by atoms with E-state index in [0.717, 1.165) is 5.92 Å². The summed E-state index contributed by atoms with van der Waals surface area (Å²) in [7, 11) is 0. The minimum absolute atomic E-state index is 0.445. The highest BCUT2D eigenvalue weighted by atomic mass is 15.3. The van der Waals surface area contributed by atoms with Gasteiger partial charge in [0.15, 0.2) is 0 Å². The molecule has 0 atom stereocenters. The predicted octanol–water partition coefficient (Wildman–Crippen LogP) is 4.23. The Labute approximate surface area is 111 Å². The lowest BCUT2D eigenvalue weighted by Gasteiger charge is -2.29. The average molecular weight is 249 g/mol. The van der Waals surface area contributed by atoms with E-state index in [1.54, 1.807) is 0 Å². The van der Waals surface area contributed by atoms with E-state index in [2.05, 4.69) is 37.4 Å². The van der Waals surface area contributed by atoms with Crippen molar-refractivity contribution in [2.24, 2.45) is 5.92 Å². The molecule has 1 fully saturated rings. The molecule has 1 N–H and O–H groups in total. The van der Waals surface area contributed by atoms with Crippen molar-refractivity contribution in [2.75, 3.05) is 5.32 Å². The van der Waals surface area contributed by atoms with Crippen molar-refractivity contribution in [1.29, 1.82) is 0 Å². The van der Waals surface area contributed by atoms with E-state index in [1.807, 2.05) is 10.9 Å². The molecule has 1 aliphatic carbocycles. The number of rotatable bonds is 5. The summed E-state index contributed by atoms with van der Waals surface area (Å²) in [6.07, 6.45) is 12.3. The van der Waals surface area contributed by atoms with E-state index in [0.29, 0.717) is 12.1 Å². The van der Waals surface area contributed by atoms with E-state index >= 15 is 0 Å². The van der Waals surface area contributed by atoms with E-state index in [9.17, 15) is 0 Å². The third-order valence-corrected chi connectivity index (χ3v) is 4.05. The lowest BCUT2D eigenvalue weighted by Crippen LogP contribution is -2.25. The van der Waals surface area contributed by atoms with Gasteiger partial charge in [0.25, 0.3) is 0 Å². The normalized spacial score (nSPS) is 24.4. The van der Waals surface area contributed by atoms with Gasteiger partial charge in [0.2, 0.25) is 0 Å². The third kappa shape index (κ3) is 3.50. The molecule has 1 aromatic rings. The van der Waals surface area contributed by atoms with Crippen LogP contribution in [0.3, 0.4) is 0 Å². The monoisotopic (exact) mass is 249 g/mol. The standard InChI is InChI=1S/C15H27N3/c1-4-5-13-6-8-14(9-7-13)17-15-10-16-18(11-15)12(2)3/h10-14,17H,4-9H2,1-3H3. The zero-order valence-electron chi connectivity index (χ0n) is 12.0. The minimum atomic E-state index is 0.445. The summed E-state index contributed by atoms with van der Waals surface area (Å²) in [5.41, 5.74) is 1.18. The molecule has 3 nitrogen and oxygen atoms in total. The molecule has 0 unspecified atom stereocenters. The van der Waals surface area contributed by atoms with Gasteiger partial charge in [0.05, 0.1) is 11.9 Å². The van der Waals surface area contributed by atoms with Crippen molar-refractivity contribution in [2.45, 2.75) is 71.4 Å². The van der Waals surface area contributed by atoms with Crippen molar-refractivity contribution in [3.05, 3.63) is 12.4 Å². The Hall–Kier alpha value is -0.990. The second kappa shape index (κ2) is 6.26. The fourth-order valence-corrected chi connectivity index (χ4v) is 2.93. The quantitative estimate of drug-likeness (QED) is 0.846. The van der Waals surface area contributed by atoms with Crippen LogP contribution >= 0.6 is 0 Å². The summed E-state index contributed by atoms with van der Waals surface area (Å²) in [5.74, 6) is 0.978. The van der Waals surface area contributed by atoms with Crippen molar-refractivity contribution in [3.8, 4) is 0 Å². The van der Waals surface area contributed by atoms with Gasteiger partial charge in [-0.05, 0) is 45.4 Å². The maximum absolute atomic E-state index is 4.38. The first-order valence-corrected chi connectivity index (χ1v) is 7.49. The topological polar surface area (TPSA) is 29.9 Å². The first-order chi connectivity index (χ1) is 8.69. The molecule has 0 amide bonds. The minimum Gasteiger partial charge on any atom is -0.380 e. The number of hydrogen-bond donors (Lipinski definition) is 1. The number of anilines is 1. The Kier molecular flexibility index (Phi) is 4.67. The largest absolute Gasteiger partial charge is 0.380 e. The molecule has 0 aromatic carbocycles. The molecule has 102 valence electrons. The second-order valence-electron chi connectivity index (χ2n) is 5.95. The van der Waals surface area contributed by atoms with Crippen LogP contribution in [-0.2, 0) is 0 Å². The highest BCUT2D eigenvalue weighted by molar-refractivity contribution is 5.39. The Bertz CT molecular complexity index is 348. The van der Waals surface area contributed by atoms with Gasteiger partial charge in [-0.1, -0.05) is 19.8 Å². The van der Waals surface area contributed by atoms with Crippen molar-refractivity contribution < 1.29 is 0 Å². The molecule has 0 bridgehead atoms. The molecule has 0 aliphatic heterocycles. The summed E-state index contributed by atoms with van der Waals surface area (Å²) in [6.45, 7) is 6.62. The molecular formula is C15H27N3. The van der Waals surface area contributed by atoms with E-state index in [4.69, 9.17) is 0 Å². The number of nitrogens with zero attached hydrogens (tertiary/aromatic N) is 2. The van der Waals surface area contributed by atoms with Gasteiger partial charge in [0.1, 0.15) is 0 Å². The Morgan fingerprint density at radius 2 is 2.06 bits per heavy atom. The summed E-state index contributed by atoms with van der Waals surface area (Å²) >= 11 is 0. The first-order valence-electron chi connectivity index (χ1n) is 7.49. The maximum atomic E-state index is 4.38.